The van der Waals surface area contributed by atoms with E-state index in [0.717, 1.165) is 30.0 Å². The van der Waals surface area contributed by atoms with Gasteiger partial charge in [0.25, 0.3) is 0 Å². The molecule has 1 aromatic carbocycles. The van der Waals surface area contributed by atoms with Crippen LogP contribution < -0.4 is 15.1 Å². The molecule has 6 heteroatoms. The maximum absolute atomic E-state index is 11.9. The fourth-order valence-corrected chi connectivity index (χ4v) is 2.52. The normalized spacial score (nSPS) is 10.1. The number of benzene rings is 1. The van der Waals surface area contributed by atoms with Gasteiger partial charge < -0.3 is 19.9 Å². The molecule has 0 radical (unpaired) electrons. The van der Waals surface area contributed by atoms with E-state index >= 15 is 0 Å². The first-order valence-electron chi connectivity index (χ1n) is 7.90. The third kappa shape index (κ3) is 5.16. The number of alkyl carbamates (subject to hydrolysis) is 1. The molecule has 0 saturated carbocycles. The zero-order valence-corrected chi connectivity index (χ0v) is 14.7. The number of carbonyl (C=O) groups is 2. The molecule has 23 heavy (non-hydrogen) atoms. The second kappa shape index (κ2) is 9.02. The summed E-state index contributed by atoms with van der Waals surface area (Å²) in [5, 5.41) is 2.59. The topological polar surface area (TPSA) is 61.9 Å². The lowest BCUT2D eigenvalue weighted by Gasteiger charge is -2.26. The Morgan fingerprint density at radius 2 is 1.87 bits per heavy atom. The molecule has 0 aliphatic rings. The number of nitrogens with one attached hydrogen (secondary N) is 1. The van der Waals surface area contributed by atoms with Gasteiger partial charge in [-0.1, -0.05) is 0 Å². The van der Waals surface area contributed by atoms with Crippen LogP contribution in [0.1, 0.15) is 26.3 Å². The summed E-state index contributed by atoms with van der Waals surface area (Å²) in [4.78, 5) is 27.0. The van der Waals surface area contributed by atoms with Crippen molar-refractivity contribution in [1.82, 2.24) is 5.32 Å². The Balaban J connectivity index is 2.91. The maximum atomic E-state index is 11.9. The lowest BCUT2D eigenvalue weighted by atomic mass is 10.1. The molecule has 1 rings (SSSR count). The van der Waals surface area contributed by atoms with Crippen LogP contribution in [0.4, 0.5) is 16.2 Å². The number of nitrogens with zero attached hydrogens (tertiary/aromatic N) is 2. The van der Waals surface area contributed by atoms with Crippen LogP contribution >= 0.6 is 0 Å². The van der Waals surface area contributed by atoms with Crippen LogP contribution in [0.3, 0.4) is 0 Å². The molecule has 1 aromatic rings. The molecule has 0 atom stereocenters. The lowest BCUT2D eigenvalue weighted by Crippen LogP contribution is -2.38. The molecule has 0 aliphatic carbocycles. The number of methoxy groups -OCH3 is 1. The number of ether oxygens (including phenoxy) is 1. The van der Waals surface area contributed by atoms with Gasteiger partial charge in [-0.15, -0.1) is 0 Å². The average molecular weight is 321 g/mol. The molecule has 0 aromatic heterocycles. The molecule has 6 nitrogen and oxygen atoms in total. The van der Waals surface area contributed by atoms with Crippen LogP contribution in [0.15, 0.2) is 18.2 Å². The third-order valence-corrected chi connectivity index (χ3v) is 3.77. The Hall–Kier alpha value is -2.24. The SMILES string of the molecule is CCN(CC)c1ccc(N(CCNC(=O)OC)C(C)=O)c(C)c1. The van der Waals surface area contributed by atoms with E-state index in [1.807, 2.05) is 19.1 Å². The Kier molecular flexibility index (Phi) is 7.38. The molecular formula is C17H27N3O3. The van der Waals surface area contributed by atoms with Gasteiger partial charge in [-0.25, -0.2) is 4.79 Å². The van der Waals surface area contributed by atoms with E-state index in [1.165, 1.54) is 14.0 Å². The minimum atomic E-state index is -0.498. The predicted octanol–water partition coefficient (Wildman–Crippen LogP) is 2.55. The summed E-state index contributed by atoms with van der Waals surface area (Å²) < 4.78 is 4.53. The van der Waals surface area contributed by atoms with Gasteiger partial charge in [0.05, 0.1) is 7.11 Å². The van der Waals surface area contributed by atoms with Gasteiger partial charge in [0, 0.05) is 44.5 Å². The van der Waals surface area contributed by atoms with E-state index in [9.17, 15) is 9.59 Å². The first-order chi connectivity index (χ1) is 10.9. The molecule has 0 unspecified atom stereocenters. The molecule has 128 valence electrons. The van der Waals surface area contributed by atoms with Gasteiger partial charge in [-0.2, -0.15) is 0 Å². The second-order valence-electron chi connectivity index (χ2n) is 5.23. The predicted molar refractivity (Wildman–Crippen MR) is 93.2 cm³/mol. The van der Waals surface area contributed by atoms with Crippen molar-refractivity contribution in [2.75, 3.05) is 43.1 Å². The number of rotatable bonds is 7. The van der Waals surface area contributed by atoms with E-state index in [4.69, 9.17) is 0 Å². The van der Waals surface area contributed by atoms with Crippen molar-refractivity contribution in [3.63, 3.8) is 0 Å². The summed E-state index contributed by atoms with van der Waals surface area (Å²) in [5.41, 5.74) is 3.04. The highest BCUT2D eigenvalue weighted by atomic mass is 16.5. The van der Waals surface area contributed by atoms with Gasteiger partial charge in [-0.05, 0) is 44.5 Å². The fourth-order valence-electron chi connectivity index (χ4n) is 2.52. The van der Waals surface area contributed by atoms with Crippen molar-refractivity contribution < 1.29 is 14.3 Å². The molecule has 0 spiro atoms. The van der Waals surface area contributed by atoms with E-state index in [-0.39, 0.29) is 5.91 Å². The minimum Gasteiger partial charge on any atom is -0.453 e. The van der Waals surface area contributed by atoms with Crippen LogP contribution in [-0.4, -0.2) is 45.3 Å². The van der Waals surface area contributed by atoms with Crippen LogP contribution in [-0.2, 0) is 9.53 Å². The van der Waals surface area contributed by atoms with Gasteiger partial charge in [-0.3, -0.25) is 4.79 Å². The summed E-state index contributed by atoms with van der Waals surface area (Å²) in [5.74, 6) is -0.0599. The molecule has 0 fully saturated rings. The average Bonchev–Trinajstić information content (AvgIpc) is 2.53. The number of amides is 2. The highest BCUT2D eigenvalue weighted by molar-refractivity contribution is 5.92. The van der Waals surface area contributed by atoms with Crippen LogP contribution in [0.25, 0.3) is 0 Å². The van der Waals surface area contributed by atoms with E-state index < -0.39 is 6.09 Å². The molecule has 0 aliphatic heterocycles. The van der Waals surface area contributed by atoms with E-state index in [0.29, 0.717) is 13.1 Å². The molecule has 2 amide bonds. The molecule has 0 saturated heterocycles. The Morgan fingerprint density at radius 1 is 1.22 bits per heavy atom. The van der Waals surface area contributed by atoms with Crippen molar-refractivity contribution in [1.29, 1.82) is 0 Å². The number of anilines is 2. The summed E-state index contributed by atoms with van der Waals surface area (Å²) >= 11 is 0. The Morgan fingerprint density at radius 3 is 2.35 bits per heavy atom. The maximum Gasteiger partial charge on any atom is 0.406 e. The van der Waals surface area contributed by atoms with Crippen molar-refractivity contribution >= 4 is 23.4 Å². The standard InChI is InChI=1S/C17H27N3O3/c1-6-19(7-2)15-8-9-16(13(3)12-15)20(14(4)21)11-10-18-17(22)23-5/h8-9,12H,6-7,10-11H2,1-5H3,(H,18,22). The first-order valence-corrected chi connectivity index (χ1v) is 7.90. The van der Waals surface area contributed by atoms with E-state index in [1.54, 1.807) is 4.90 Å². The highest BCUT2D eigenvalue weighted by Gasteiger charge is 2.15. The number of carbonyl (C=O) groups excluding carboxylic acids is 2. The van der Waals surface area contributed by atoms with E-state index in [2.05, 4.69) is 34.9 Å². The van der Waals surface area contributed by atoms with Crippen molar-refractivity contribution in [2.45, 2.75) is 27.7 Å². The van der Waals surface area contributed by atoms with Crippen LogP contribution in [0, 0.1) is 6.92 Å². The summed E-state index contributed by atoms with van der Waals surface area (Å²) in [6.07, 6.45) is -0.498. The van der Waals surface area contributed by atoms with Crippen molar-refractivity contribution in [3.8, 4) is 0 Å². The molecule has 1 N–H and O–H groups in total. The highest BCUT2D eigenvalue weighted by Crippen LogP contribution is 2.25. The van der Waals surface area contributed by atoms with Crippen LogP contribution in [0.2, 0.25) is 0 Å². The van der Waals surface area contributed by atoms with Crippen molar-refractivity contribution in [2.24, 2.45) is 0 Å². The monoisotopic (exact) mass is 321 g/mol. The molecular weight excluding hydrogens is 294 g/mol. The minimum absolute atomic E-state index is 0.0599. The zero-order valence-electron chi connectivity index (χ0n) is 14.7. The second-order valence-corrected chi connectivity index (χ2v) is 5.23. The Bertz CT molecular complexity index is 542. The zero-order chi connectivity index (χ0) is 17.4. The molecule has 0 heterocycles. The first kappa shape index (κ1) is 18.8. The Labute approximate surface area is 138 Å². The summed E-state index contributed by atoms with van der Waals surface area (Å²) in [6.45, 7) is 10.4. The lowest BCUT2D eigenvalue weighted by molar-refractivity contribution is -0.116. The number of aryl methyl sites for hydroxylation is 1. The van der Waals surface area contributed by atoms with Gasteiger partial charge in [0.1, 0.15) is 0 Å². The quantitative estimate of drug-likeness (QED) is 0.838. The van der Waals surface area contributed by atoms with Crippen molar-refractivity contribution in [3.05, 3.63) is 23.8 Å². The number of hydrogen-bond acceptors (Lipinski definition) is 4. The third-order valence-electron chi connectivity index (χ3n) is 3.77. The molecule has 0 bridgehead atoms. The van der Waals surface area contributed by atoms with Gasteiger partial charge in [0.15, 0.2) is 0 Å². The van der Waals surface area contributed by atoms with Gasteiger partial charge in [0.2, 0.25) is 5.91 Å². The largest absolute Gasteiger partial charge is 0.453 e. The van der Waals surface area contributed by atoms with Crippen LogP contribution in [0.5, 0.6) is 0 Å². The smallest absolute Gasteiger partial charge is 0.406 e. The summed E-state index contributed by atoms with van der Waals surface area (Å²) in [6, 6.07) is 6.08. The van der Waals surface area contributed by atoms with Gasteiger partial charge >= 0.3 is 6.09 Å². The number of hydrogen-bond donors (Lipinski definition) is 1. The summed E-state index contributed by atoms with van der Waals surface area (Å²) in [7, 11) is 1.31. The fraction of sp³-hybridized carbons (Fsp3) is 0.529.